The molecule has 1 unspecified atom stereocenters. The molecule has 58 valence electrons. The fraction of sp³-hybridized carbons (Fsp3) is 0.857. The second-order valence-corrected chi connectivity index (χ2v) is 2.77. The molecule has 3 heteroatoms. The van der Waals surface area contributed by atoms with Gasteiger partial charge in [-0.05, 0) is 19.4 Å². The fourth-order valence-corrected chi connectivity index (χ4v) is 1.27. The standard InChI is InChI=1S/C7H14N2O/c1-9(6-10)7-3-2-4-8-5-7/h6-8H,2-5H2,1H3. The zero-order chi connectivity index (χ0) is 7.40. The lowest BCUT2D eigenvalue weighted by atomic mass is 10.1. The topological polar surface area (TPSA) is 32.3 Å². The number of piperidine rings is 1. The molecule has 1 fully saturated rings. The number of hydrogen-bond acceptors (Lipinski definition) is 2. The van der Waals surface area contributed by atoms with Crippen molar-refractivity contribution < 1.29 is 4.79 Å². The number of carbonyl (C=O) groups is 1. The van der Waals surface area contributed by atoms with E-state index < -0.39 is 0 Å². The van der Waals surface area contributed by atoms with Crippen molar-refractivity contribution in [3.05, 3.63) is 0 Å². The van der Waals surface area contributed by atoms with Gasteiger partial charge in [0.25, 0.3) is 0 Å². The first-order valence-electron chi connectivity index (χ1n) is 3.72. The molecule has 1 N–H and O–H groups in total. The molecule has 1 amide bonds. The minimum atomic E-state index is 0.422. The molecule has 1 rings (SSSR count). The number of hydrogen-bond donors (Lipinski definition) is 1. The predicted octanol–water partition coefficient (Wildman–Crippen LogP) is -0.173. The first-order valence-corrected chi connectivity index (χ1v) is 3.72. The summed E-state index contributed by atoms with van der Waals surface area (Å²) in [5, 5.41) is 3.25. The first-order chi connectivity index (χ1) is 4.84. The minimum Gasteiger partial charge on any atom is -0.344 e. The van der Waals surface area contributed by atoms with E-state index in [-0.39, 0.29) is 0 Å². The van der Waals surface area contributed by atoms with Gasteiger partial charge in [-0.3, -0.25) is 4.79 Å². The number of amides is 1. The van der Waals surface area contributed by atoms with Gasteiger partial charge in [-0.1, -0.05) is 0 Å². The van der Waals surface area contributed by atoms with Crippen LogP contribution in [0.5, 0.6) is 0 Å². The Labute approximate surface area is 61.4 Å². The third-order valence-corrected chi connectivity index (χ3v) is 2.01. The monoisotopic (exact) mass is 142 g/mol. The maximum atomic E-state index is 10.3. The smallest absolute Gasteiger partial charge is 0.209 e. The average Bonchev–Trinajstić information content (AvgIpc) is 2.05. The summed E-state index contributed by atoms with van der Waals surface area (Å²) in [4.78, 5) is 12.0. The van der Waals surface area contributed by atoms with Gasteiger partial charge >= 0.3 is 0 Å². The molecule has 1 heterocycles. The zero-order valence-corrected chi connectivity index (χ0v) is 6.34. The molecule has 1 aliphatic rings. The number of likely N-dealkylation sites (N-methyl/N-ethyl adjacent to an activating group) is 1. The maximum absolute atomic E-state index is 10.3. The van der Waals surface area contributed by atoms with E-state index in [2.05, 4.69) is 5.32 Å². The van der Waals surface area contributed by atoms with Crippen molar-refractivity contribution in [2.24, 2.45) is 0 Å². The van der Waals surface area contributed by atoms with E-state index in [4.69, 9.17) is 0 Å². The molecule has 0 spiro atoms. The van der Waals surface area contributed by atoms with Gasteiger partial charge in [-0.2, -0.15) is 0 Å². The van der Waals surface area contributed by atoms with Gasteiger partial charge in [0.1, 0.15) is 0 Å². The lowest BCUT2D eigenvalue weighted by molar-refractivity contribution is -0.119. The molecule has 10 heavy (non-hydrogen) atoms. The highest BCUT2D eigenvalue weighted by Crippen LogP contribution is 2.05. The van der Waals surface area contributed by atoms with Crippen molar-refractivity contribution in [1.29, 1.82) is 0 Å². The lowest BCUT2D eigenvalue weighted by Gasteiger charge is -2.28. The molecular weight excluding hydrogens is 128 g/mol. The van der Waals surface area contributed by atoms with E-state index in [0.29, 0.717) is 6.04 Å². The molecule has 1 saturated heterocycles. The summed E-state index contributed by atoms with van der Waals surface area (Å²) in [7, 11) is 1.84. The van der Waals surface area contributed by atoms with Crippen LogP contribution in [-0.2, 0) is 4.79 Å². The van der Waals surface area contributed by atoms with Crippen LogP contribution in [0.15, 0.2) is 0 Å². The Hall–Kier alpha value is -0.570. The van der Waals surface area contributed by atoms with Crippen LogP contribution < -0.4 is 5.32 Å². The molecule has 0 aromatic heterocycles. The van der Waals surface area contributed by atoms with E-state index in [1.165, 1.54) is 6.42 Å². The van der Waals surface area contributed by atoms with Gasteiger partial charge in [-0.15, -0.1) is 0 Å². The summed E-state index contributed by atoms with van der Waals surface area (Å²) in [6.45, 7) is 2.05. The molecule has 0 aromatic rings. The summed E-state index contributed by atoms with van der Waals surface area (Å²) < 4.78 is 0. The van der Waals surface area contributed by atoms with E-state index in [0.717, 1.165) is 25.9 Å². The predicted molar refractivity (Wildman–Crippen MR) is 39.7 cm³/mol. The summed E-state index contributed by atoms with van der Waals surface area (Å²) in [6.07, 6.45) is 3.22. The Morgan fingerprint density at radius 1 is 1.70 bits per heavy atom. The van der Waals surface area contributed by atoms with Crippen LogP contribution in [-0.4, -0.2) is 37.5 Å². The number of nitrogens with zero attached hydrogens (tertiary/aromatic N) is 1. The first kappa shape index (κ1) is 7.54. The zero-order valence-electron chi connectivity index (χ0n) is 6.34. The number of carbonyl (C=O) groups excluding carboxylic acids is 1. The summed E-state index contributed by atoms with van der Waals surface area (Å²) in [5.74, 6) is 0. The van der Waals surface area contributed by atoms with E-state index in [9.17, 15) is 4.79 Å². The van der Waals surface area contributed by atoms with Crippen molar-refractivity contribution in [3.63, 3.8) is 0 Å². The van der Waals surface area contributed by atoms with Crippen molar-refractivity contribution in [3.8, 4) is 0 Å². The third-order valence-electron chi connectivity index (χ3n) is 2.01. The third kappa shape index (κ3) is 1.70. The van der Waals surface area contributed by atoms with Crippen LogP contribution in [0, 0.1) is 0 Å². The Bertz CT molecular complexity index is 110. The molecule has 0 saturated carbocycles. The summed E-state index contributed by atoms with van der Waals surface area (Å²) >= 11 is 0. The second-order valence-electron chi connectivity index (χ2n) is 2.77. The van der Waals surface area contributed by atoms with Gasteiger partial charge in [0, 0.05) is 19.6 Å². The molecule has 0 bridgehead atoms. The molecule has 0 aromatic carbocycles. The molecule has 3 nitrogen and oxygen atoms in total. The largest absolute Gasteiger partial charge is 0.344 e. The van der Waals surface area contributed by atoms with Gasteiger partial charge in [-0.25, -0.2) is 0 Å². The van der Waals surface area contributed by atoms with Crippen LogP contribution in [0.1, 0.15) is 12.8 Å². The van der Waals surface area contributed by atoms with Gasteiger partial charge in [0.05, 0.1) is 0 Å². The normalized spacial score (nSPS) is 25.9. The van der Waals surface area contributed by atoms with Crippen molar-refractivity contribution in [2.45, 2.75) is 18.9 Å². The highest BCUT2D eigenvalue weighted by molar-refractivity contribution is 5.47. The Morgan fingerprint density at radius 2 is 2.50 bits per heavy atom. The fourth-order valence-electron chi connectivity index (χ4n) is 1.27. The SMILES string of the molecule is CN(C=O)C1CCCNC1. The van der Waals surface area contributed by atoms with Crippen molar-refractivity contribution in [2.75, 3.05) is 20.1 Å². The lowest BCUT2D eigenvalue weighted by Crippen LogP contribution is -2.43. The van der Waals surface area contributed by atoms with Gasteiger partial charge in [0.2, 0.25) is 6.41 Å². The number of nitrogens with one attached hydrogen (secondary N) is 1. The van der Waals surface area contributed by atoms with E-state index in [1.807, 2.05) is 7.05 Å². The summed E-state index contributed by atoms with van der Waals surface area (Å²) in [5.41, 5.74) is 0. The van der Waals surface area contributed by atoms with Gasteiger partial charge in [0.15, 0.2) is 0 Å². The van der Waals surface area contributed by atoms with E-state index in [1.54, 1.807) is 4.90 Å². The molecule has 0 aliphatic carbocycles. The minimum absolute atomic E-state index is 0.422. The van der Waals surface area contributed by atoms with Crippen LogP contribution in [0.2, 0.25) is 0 Å². The maximum Gasteiger partial charge on any atom is 0.209 e. The van der Waals surface area contributed by atoms with Crippen LogP contribution >= 0.6 is 0 Å². The molecule has 0 radical (unpaired) electrons. The van der Waals surface area contributed by atoms with Crippen LogP contribution in [0.3, 0.4) is 0 Å². The second kappa shape index (κ2) is 3.56. The van der Waals surface area contributed by atoms with Crippen LogP contribution in [0.4, 0.5) is 0 Å². The molecule has 1 aliphatic heterocycles. The highest BCUT2D eigenvalue weighted by Gasteiger charge is 2.15. The number of rotatable bonds is 2. The molecule has 1 atom stereocenters. The van der Waals surface area contributed by atoms with Crippen molar-refractivity contribution in [1.82, 2.24) is 10.2 Å². The average molecular weight is 142 g/mol. The quantitative estimate of drug-likeness (QED) is 0.543. The van der Waals surface area contributed by atoms with Crippen LogP contribution in [0.25, 0.3) is 0 Å². The Kier molecular flexibility index (Phi) is 2.68. The Morgan fingerprint density at radius 3 is 3.00 bits per heavy atom. The van der Waals surface area contributed by atoms with Crippen molar-refractivity contribution >= 4 is 6.41 Å². The van der Waals surface area contributed by atoms with Gasteiger partial charge < -0.3 is 10.2 Å². The Balaban J connectivity index is 2.30. The highest BCUT2D eigenvalue weighted by atomic mass is 16.1. The van der Waals surface area contributed by atoms with E-state index >= 15 is 0 Å². The summed E-state index contributed by atoms with van der Waals surface area (Å²) in [6, 6.07) is 0.422. The molecular formula is C7H14N2O.